The van der Waals surface area contributed by atoms with Gasteiger partial charge in [-0.1, -0.05) is 27.7 Å². The smallest absolute Gasteiger partial charge is 0.237 e. The van der Waals surface area contributed by atoms with Crippen LogP contribution < -0.4 is 11.1 Å². The number of rotatable bonds is 7. The van der Waals surface area contributed by atoms with E-state index in [-0.39, 0.29) is 17.9 Å². The van der Waals surface area contributed by atoms with Crippen LogP contribution in [0.25, 0.3) is 0 Å². The normalized spacial score (nSPS) is 25.7. The fourth-order valence-corrected chi connectivity index (χ4v) is 3.07. The van der Waals surface area contributed by atoms with Gasteiger partial charge in [0.2, 0.25) is 5.91 Å². The van der Waals surface area contributed by atoms with Gasteiger partial charge in [0.25, 0.3) is 0 Å². The van der Waals surface area contributed by atoms with Gasteiger partial charge in [0.1, 0.15) is 0 Å². The molecule has 4 nitrogen and oxygen atoms in total. The van der Waals surface area contributed by atoms with Crippen LogP contribution in [-0.2, 0) is 4.79 Å². The summed E-state index contributed by atoms with van der Waals surface area (Å²) in [7, 11) is 0. The summed E-state index contributed by atoms with van der Waals surface area (Å²) in [6.45, 7) is 13.0. The van der Waals surface area contributed by atoms with Gasteiger partial charge in [-0.05, 0) is 43.6 Å². The van der Waals surface area contributed by atoms with Crippen LogP contribution in [0.3, 0.4) is 0 Å². The third-order valence-corrected chi connectivity index (χ3v) is 4.17. The highest BCUT2D eigenvalue weighted by Gasteiger charge is 2.21. The van der Waals surface area contributed by atoms with Crippen molar-refractivity contribution in [2.45, 2.75) is 53.0 Å². The lowest BCUT2D eigenvalue weighted by Crippen LogP contribution is -2.44. The number of amides is 1. The summed E-state index contributed by atoms with van der Waals surface area (Å²) in [5.74, 6) is 1.83. The molecule has 1 aliphatic heterocycles. The molecule has 0 aliphatic carbocycles. The summed E-state index contributed by atoms with van der Waals surface area (Å²) < 4.78 is 0. The first-order valence-corrected chi connectivity index (χ1v) is 8.15. The van der Waals surface area contributed by atoms with E-state index in [0.29, 0.717) is 0 Å². The van der Waals surface area contributed by atoms with Gasteiger partial charge < -0.3 is 16.0 Å². The molecule has 1 aliphatic rings. The second kappa shape index (κ2) is 8.63. The molecule has 3 atom stereocenters. The van der Waals surface area contributed by atoms with Crippen molar-refractivity contribution in [3.8, 4) is 0 Å². The molecule has 1 saturated heterocycles. The maximum Gasteiger partial charge on any atom is 0.237 e. The molecule has 1 amide bonds. The molecule has 0 radical (unpaired) electrons. The number of carbonyl (C=O) groups is 1. The molecule has 0 saturated carbocycles. The predicted molar refractivity (Wildman–Crippen MR) is 84.4 cm³/mol. The van der Waals surface area contributed by atoms with Gasteiger partial charge in [-0.25, -0.2) is 0 Å². The first-order valence-electron chi connectivity index (χ1n) is 8.15. The number of carbonyl (C=O) groups excluding carboxylic acids is 1. The summed E-state index contributed by atoms with van der Waals surface area (Å²) in [5, 5.41) is 2.94. The number of hydrogen-bond acceptors (Lipinski definition) is 3. The Bertz CT molecular complexity index is 283. The van der Waals surface area contributed by atoms with Gasteiger partial charge in [0.05, 0.1) is 6.04 Å². The van der Waals surface area contributed by atoms with Crippen molar-refractivity contribution in [1.29, 1.82) is 0 Å². The minimum Gasteiger partial charge on any atom is -0.355 e. The van der Waals surface area contributed by atoms with Crippen molar-refractivity contribution in [3.05, 3.63) is 0 Å². The quantitative estimate of drug-likeness (QED) is 0.701. The maximum absolute atomic E-state index is 11.7. The number of unbranched alkanes of at least 4 members (excludes halogenated alkanes) is 1. The third-order valence-electron chi connectivity index (χ3n) is 4.17. The van der Waals surface area contributed by atoms with Crippen LogP contribution in [0.5, 0.6) is 0 Å². The highest BCUT2D eigenvalue weighted by atomic mass is 16.2. The molecule has 1 fully saturated rings. The first kappa shape index (κ1) is 17.4. The highest BCUT2D eigenvalue weighted by Crippen LogP contribution is 2.20. The molecule has 1 heterocycles. The molecule has 118 valence electrons. The van der Waals surface area contributed by atoms with E-state index < -0.39 is 0 Å². The van der Waals surface area contributed by atoms with E-state index in [4.69, 9.17) is 5.73 Å². The number of hydrogen-bond donors (Lipinski definition) is 2. The van der Waals surface area contributed by atoms with Crippen LogP contribution >= 0.6 is 0 Å². The van der Waals surface area contributed by atoms with Crippen LogP contribution in [0.4, 0.5) is 0 Å². The zero-order chi connectivity index (χ0) is 15.1. The maximum atomic E-state index is 11.7. The zero-order valence-electron chi connectivity index (χ0n) is 13.7. The number of likely N-dealkylation sites (tertiary alicyclic amines) is 1. The van der Waals surface area contributed by atoms with E-state index in [0.717, 1.165) is 37.8 Å². The molecule has 0 aromatic heterocycles. The number of nitrogens with zero attached hydrogens (tertiary/aromatic N) is 1. The van der Waals surface area contributed by atoms with Crippen LogP contribution in [0.2, 0.25) is 0 Å². The van der Waals surface area contributed by atoms with Gasteiger partial charge in [0, 0.05) is 19.6 Å². The minimum atomic E-state index is -0.376. The van der Waals surface area contributed by atoms with E-state index in [9.17, 15) is 4.79 Å². The SMILES string of the molecule is CC1CC(C)CN(CCCCNC(=O)[C@@H](N)C(C)C)C1. The van der Waals surface area contributed by atoms with Gasteiger partial charge in [-0.3, -0.25) is 4.79 Å². The Hall–Kier alpha value is -0.610. The Balaban J connectivity index is 2.09. The average Bonchev–Trinajstić information content (AvgIpc) is 2.35. The number of nitrogens with two attached hydrogens (primary N) is 1. The van der Waals surface area contributed by atoms with Crippen molar-refractivity contribution < 1.29 is 4.79 Å². The summed E-state index contributed by atoms with van der Waals surface area (Å²) in [4.78, 5) is 14.3. The van der Waals surface area contributed by atoms with Crippen LogP contribution in [0.15, 0.2) is 0 Å². The molecule has 0 aromatic carbocycles. The summed E-state index contributed by atoms with van der Waals surface area (Å²) >= 11 is 0. The van der Waals surface area contributed by atoms with Crippen molar-refractivity contribution in [2.75, 3.05) is 26.2 Å². The van der Waals surface area contributed by atoms with E-state index >= 15 is 0 Å². The fourth-order valence-electron chi connectivity index (χ4n) is 3.07. The Morgan fingerprint density at radius 3 is 2.40 bits per heavy atom. The molecule has 2 unspecified atom stereocenters. The van der Waals surface area contributed by atoms with E-state index in [1.807, 2.05) is 13.8 Å². The monoisotopic (exact) mass is 283 g/mol. The average molecular weight is 283 g/mol. The highest BCUT2D eigenvalue weighted by molar-refractivity contribution is 5.81. The Morgan fingerprint density at radius 2 is 1.85 bits per heavy atom. The minimum absolute atomic E-state index is 0.0137. The fraction of sp³-hybridized carbons (Fsp3) is 0.938. The lowest BCUT2D eigenvalue weighted by Gasteiger charge is -2.34. The summed E-state index contributed by atoms with van der Waals surface area (Å²) in [6, 6.07) is -0.376. The molecule has 4 heteroatoms. The Kier molecular flexibility index (Phi) is 7.52. The largest absolute Gasteiger partial charge is 0.355 e. The van der Waals surface area contributed by atoms with Crippen molar-refractivity contribution in [1.82, 2.24) is 10.2 Å². The summed E-state index contributed by atoms with van der Waals surface area (Å²) in [6.07, 6.45) is 3.55. The number of nitrogens with one attached hydrogen (secondary N) is 1. The molecule has 3 N–H and O–H groups in total. The van der Waals surface area contributed by atoms with E-state index in [1.165, 1.54) is 19.5 Å². The molecule has 0 aromatic rings. The standard InChI is InChI=1S/C16H33N3O/c1-12(2)15(17)16(20)18-7-5-6-8-19-10-13(3)9-14(4)11-19/h12-15H,5-11,17H2,1-4H3,(H,18,20)/t13?,14?,15-/m0/s1. The van der Waals surface area contributed by atoms with Crippen molar-refractivity contribution in [2.24, 2.45) is 23.5 Å². The second-order valence-electron chi connectivity index (χ2n) is 6.97. The van der Waals surface area contributed by atoms with Crippen LogP contribution in [-0.4, -0.2) is 43.0 Å². The molecule has 20 heavy (non-hydrogen) atoms. The van der Waals surface area contributed by atoms with Gasteiger partial charge >= 0.3 is 0 Å². The lowest BCUT2D eigenvalue weighted by atomic mass is 9.92. The van der Waals surface area contributed by atoms with Crippen molar-refractivity contribution >= 4 is 5.91 Å². The summed E-state index contributed by atoms with van der Waals surface area (Å²) in [5.41, 5.74) is 5.80. The topological polar surface area (TPSA) is 58.4 Å². The van der Waals surface area contributed by atoms with E-state index in [2.05, 4.69) is 24.1 Å². The van der Waals surface area contributed by atoms with Crippen LogP contribution in [0.1, 0.15) is 47.0 Å². The molecule has 0 spiro atoms. The predicted octanol–water partition coefficient (Wildman–Crippen LogP) is 1.84. The van der Waals surface area contributed by atoms with Gasteiger partial charge in [0.15, 0.2) is 0 Å². The molecular weight excluding hydrogens is 250 g/mol. The Morgan fingerprint density at radius 1 is 1.25 bits per heavy atom. The molecule has 1 rings (SSSR count). The van der Waals surface area contributed by atoms with Crippen LogP contribution in [0, 0.1) is 17.8 Å². The van der Waals surface area contributed by atoms with E-state index in [1.54, 1.807) is 0 Å². The van der Waals surface area contributed by atoms with Gasteiger partial charge in [-0.15, -0.1) is 0 Å². The first-order chi connectivity index (χ1) is 9.40. The third kappa shape index (κ3) is 6.23. The Labute approximate surface area is 124 Å². The zero-order valence-corrected chi connectivity index (χ0v) is 13.7. The number of piperidine rings is 1. The lowest BCUT2D eigenvalue weighted by molar-refractivity contribution is -0.123. The van der Waals surface area contributed by atoms with Gasteiger partial charge in [-0.2, -0.15) is 0 Å². The van der Waals surface area contributed by atoms with Crippen molar-refractivity contribution in [3.63, 3.8) is 0 Å². The second-order valence-corrected chi connectivity index (χ2v) is 6.97. The molecular formula is C16H33N3O. The molecule has 0 bridgehead atoms.